The van der Waals surface area contributed by atoms with Gasteiger partial charge in [0.25, 0.3) is 0 Å². The molecule has 0 unspecified atom stereocenters. The number of carbonyl (C=O) groups excluding carboxylic acids is 1. The third-order valence-electron chi connectivity index (χ3n) is 8.50. The summed E-state index contributed by atoms with van der Waals surface area (Å²) >= 11 is 0. The predicted octanol–water partition coefficient (Wildman–Crippen LogP) is 3.93. The average Bonchev–Trinajstić information content (AvgIpc) is 3.13. The van der Waals surface area contributed by atoms with Crippen molar-refractivity contribution in [1.29, 1.82) is 0 Å². The highest BCUT2D eigenvalue weighted by Gasteiger charge is 2.68. The van der Waals surface area contributed by atoms with Crippen LogP contribution < -0.4 is 5.32 Å². The van der Waals surface area contributed by atoms with Crippen molar-refractivity contribution in [1.82, 2.24) is 5.32 Å². The third kappa shape index (κ3) is 2.92. The molecular formula is C22H37NO3. The van der Waals surface area contributed by atoms with Gasteiger partial charge < -0.3 is 14.8 Å². The van der Waals surface area contributed by atoms with Gasteiger partial charge in [0.2, 0.25) is 5.91 Å². The van der Waals surface area contributed by atoms with Gasteiger partial charge in [-0.2, -0.15) is 0 Å². The maximum Gasteiger partial charge on any atom is 0.222 e. The molecule has 3 saturated carbocycles. The molecule has 4 rings (SSSR count). The Labute approximate surface area is 158 Å². The lowest BCUT2D eigenvalue weighted by Gasteiger charge is -2.55. The molecule has 1 aliphatic heterocycles. The smallest absolute Gasteiger partial charge is 0.222 e. The van der Waals surface area contributed by atoms with Crippen LogP contribution in [0.25, 0.3) is 0 Å². The van der Waals surface area contributed by atoms with Crippen LogP contribution in [0.2, 0.25) is 0 Å². The fourth-order valence-corrected chi connectivity index (χ4v) is 7.19. The van der Waals surface area contributed by atoms with Gasteiger partial charge in [0.05, 0.1) is 12.7 Å². The lowest BCUT2D eigenvalue weighted by atomic mass is 9.57. The second kappa shape index (κ2) is 7.09. The van der Waals surface area contributed by atoms with E-state index in [1.54, 1.807) is 7.11 Å². The van der Waals surface area contributed by atoms with Crippen LogP contribution in [0.5, 0.6) is 0 Å². The van der Waals surface area contributed by atoms with E-state index in [4.69, 9.17) is 9.47 Å². The van der Waals surface area contributed by atoms with Gasteiger partial charge in [-0.3, -0.25) is 4.79 Å². The normalized spacial score (nSPS) is 41.8. The molecule has 2 bridgehead atoms. The van der Waals surface area contributed by atoms with Crippen molar-refractivity contribution in [2.45, 2.75) is 83.8 Å². The molecular weight excluding hydrogens is 326 g/mol. The second-order valence-electron chi connectivity index (χ2n) is 10.0. The van der Waals surface area contributed by atoms with Crippen LogP contribution in [0.1, 0.15) is 71.6 Å². The first-order valence-corrected chi connectivity index (χ1v) is 10.9. The van der Waals surface area contributed by atoms with Gasteiger partial charge in [-0.05, 0) is 60.7 Å². The van der Waals surface area contributed by atoms with Crippen molar-refractivity contribution in [3.63, 3.8) is 0 Å². The van der Waals surface area contributed by atoms with E-state index in [-0.39, 0.29) is 22.8 Å². The van der Waals surface area contributed by atoms with Gasteiger partial charge in [0.1, 0.15) is 0 Å². The fraction of sp³-hybridized carbons (Fsp3) is 0.955. The minimum atomic E-state index is 0.159. The molecule has 0 aromatic heterocycles. The molecule has 1 spiro atoms. The molecule has 148 valence electrons. The van der Waals surface area contributed by atoms with Gasteiger partial charge in [-0.15, -0.1) is 0 Å². The summed E-state index contributed by atoms with van der Waals surface area (Å²) in [5.74, 6) is 2.27. The molecule has 3 aliphatic carbocycles. The molecule has 0 aromatic rings. The molecule has 1 N–H and O–H groups in total. The zero-order valence-corrected chi connectivity index (χ0v) is 16.9. The number of carbonyl (C=O) groups is 1. The standard InChI is InChI=1S/C22H37NO3/c1-21(2)16-13-17-19(15-7-5-4-6-8-15)26-12-10-22(17,14-16)20(21)23-18(24)9-11-25-3/h15-17,19-20H,4-14H2,1-3H3,(H,23,24)/t16-,17-,19-,20-,22-/m1/s1. The minimum absolute atomic E-state index is 0.159. The highest BCUT2D eigenvalue weighted by molar-refractivity contribution is 5.76. The summed E-state index contributed by atoms with van der Waals surface area (Å²) in [4.78, 5) is 12.6. The molecule has 4 heteroatoms. The van der Waals surface area contributed by atoms with Crippen molar-refractivity contribution in [3.05, 3.63) is 0 Å². The molecule has 4 fully saturated rings. The number of amides is 1. The summed E-state index contributed by atoms with van der Waals surface area (Å²) in [6.45, 7) is 6.15. The minimum Gasteiger partial charge on any atom is -0.384 e. The SMILES string of the molecule is COCCC(=O)N[C@@H]1C(C)(C)[C@@H]2C[C@@H]3[C@@H](C4CCCCC4)OCC[C@@]31C2. The lowest BCUT2D eigenvalue weighted by Crippen LogP contribution is -2.61. The molecule has 5 atom stereocenters. The Morgan fingerprint density at radius 1 is 1.23 bits per heavy atom. The monoisotopic (exact) mass is 363 g/mol. The predicted molar refractivity (Wildman–Crippen MR) is 102 cm³/mol. The first-order valence-electron chi connectivity index (χ1n) is 10.9. The molecule has 4 aliphatic rings. The van der Waals surface area contributed by atoms with E-state index in [0.717, 1.165) is 18.9 Å². The quantitative estimate of drug-likeness (QED) is 0.805. The van der Waals surface area contributed by atoms with E-state index in [2.05, 4.69) is 19.2 Å². The zero-order valence-electron chi connectivity index (χ0n) is 16.9. The molecule has 26 heavy (non-hydrogen) atoms. The first kappa shape index (κ1) is 18.7. The number of nitrogens with one attached hydrogen (secondary N) is 1. The van der Waals surface area contributed by atoms with Crippen LogP contribution in [0, 0.1) is 28.6 Å². The Morgan fingerprint density at radius 3 is 2.73 bits per heavy atom. The van der Waals surface area contributed by atoms with Gasteiger partial charge in [0, 0.05) is 26.2 Å². The van der Waals surface area contributed by atoms with Gasteiger partial charge in [-0.1, -0.05) is 33.1 Å². The summed E-state index contributed by atoms with van der Waals surface area (Å²) < 4.78 is 11.5. The van der Waals surface area contributed by atoms with Gasteiger partial charge in [-0.25, -0.2) is 0 Å². The average molecular weight is 364 g/mol. The molecule has 1 saturated heterocycles. The Kier molecular flexibility index (Phi) is 5.11. The second-order valence-corrected chi connectivity index (χ2v) is 10.0. The number of ether oxygens (including phenoxy) is 2. The Bertz CT molecular complexity index is 527. The van der Waals surface area contributed by atoms with Crippen LogP contribution in [-0.4, -0.2) is 38.4 Å². The van der Waals surface area contributed by atoms with Crippen LogP contribution >= 0.6 is 0 Å². The number of methoxy groups -OCH3 is 1. The van der Waals surface area contributed by atoms with Crippen molar-refractivity contribution in [2.75, 3.05) is 20.3 Å². The molecule has 0 aromatic carbocycles. The number of fused-ring (bicyclic) bond motifs is 1. The third-order valence-corrected chi connectivity index (χ3v) is 8.50. The van der Waals surface area contributed by atoms with E-state index in [9.17, 15) is 4.79 Å². The lowest BCUT2D eigenvalue weighted by molar-refractivity contribution is -0.150. The molecule has 1 heterocycles. The van der Waals surface area contributed by atoms with Gasteiger partial charge >= 0.3 is 0 Å². The highest BCUT2D eigenvalue weighted by atomic mass is 16.5. The Hall–Kier alpha value is -0.610. The van der Waals surface area contributed by atoms with Crippen LogP contribution in [0.15, 0.2) is 0 Å². The maximum atomic E-state index is 12.6. The van der Waals surface area contributed by atoms with E-state index >= 15 is 0 Å². The largest absolute Gasteiger partial charge is 0.384 e. The fourth-order valence-electron chi connectivity index (χ4n) is 7.19. The van der Waals surface area contributed by atoms with Crippen molar-refractivity contribution in [3.8, 4) is 0 Å². The summed E-state index contributed by atoms with van der Waals surface area (Å²) in [7, 11) is 1.66. The summed E-state index contributed by atoms with van der Waals surface area (Å²) in [6.07, 6.45) is 11.4. The molecule has 4 nitrogen and oxygen atoms in total. The highest BCUT2D eigenvalue weighted by Crippen LogP contribution is 2.69. The van der Waals surface area contributed by atoms with Crippen LogP contribution in [-0.2, 0) is 14.3 Å². The van der Waals surface area contributed by atoms with E-state index in [1.165, 1.54) is 44.9 Å². The summed E-state index contributed by atoms with van der Waals surface area (Å²) in [5.41, 5.74) is 0.449. The van der Waals surface area contributed by atoms with Crippen molar-refractivity contribution in [2.24, 2.45) is 28.6 Å². The Balaban J connectivity index is 1.56. The van der Waals surface area contributed by atoms with E-state index in [0.29, 0.717) is 31.0 Å². The first-order chi connectivity index (χ1) is 12.5. The van der Waals surface area contributed by atoms with Crippen molar-refractivity contribution < 1.29 is 14.3 Å². The zero-order chi connectivity index (χ0) is 18.4. The van der Waals surface area contributed by atoms with E-state index < -0.39 is 0 Å². The van der Waals surface area contributed by atoms with Crippen LogP contribution in [0.3, 0.4) is 0 Å². The topological polar surface area (TPSA) is 47.6 Å². The summed E-state index contributed by atoms with van der Waals surface area (Å²) in [6, 6.07) is 0.290. The molecule has 0 radical (unpaired) electrons. The number of rotatable bonds is 5. The van der Waals surface area contributed by atoms with E-state index in [1.807, 2.05) is 0 Å². The maximum absolute atomic E-state index is 12.6. The Morgan fingerprint density at radius 2 is 2.00 bits per heavy atom. The molecule has 1 amide bonds. The van der Waals surface area contributed by atoms with Gasteiger partial charge in [0.15, 0.2) is 0 Å². The summed E-state index contributed by atoms with van der Waals surface area (Å²) in [5, 5.41) is 3.47. The van der Waals surface area contributed by atoms with Crippen molar-refractivity contribution >= 4 is 5.91 Å². The number of hydrogen-bond donors (Lipinski definition) is 1. The van der Waals surface area contributed by atoms with Crippen LogP contribution in [0.4, 0.5) is 0 Å². The number of hydrogen-bond acceptors (Lipinski definition) is 3.